The number of nitrogens with two attached hydrogens (primary N) is 1. The molecular formula is C12H22N2O8. The topological polar surface area (TPSA) is 179 Å². The Kier molecular flexibility index (Phi) is 8.75. The average Bonchev–Trinajstić information content (AvgIpc) is 2.47. The van der Waals surface area contributed by atoms with Crippen LogP contribution in [-0.4, -0.2) is 81.7 Å². The van der Waals surface area contributed by atoms with E-state index >= 15 is 0 Å². The predicted molar refractivity (Wildman–Crippen MR) is 72.3 cm³/mol. The van der Waals surface area contributed by atoms with E-state index in [4.69, 9.17) is 15.6 Å². The Morgan fingerprint density at radius 3 is 2.23 bits per heavy atom. The van der Waals surface area contributed by atoms with Gasteiger partial charge in [-0.1, -0.05) is 0 Å². The molecule has 128 valence electrons. The maximum atomic E-state index is 11.7. The zero-order valence-corrected chi connectivity index (χ0v) is 12.2. The maximum absolute atomic E-state index is 11.7. The van der Waals surface area contributed by atoms with E-state index < -0.39 is 55.0 Å². The summed E-state index contributed by atoms with van der Waals surface area (Å²) in [5.74, 6) is -1.80. The molecule has 10 nitrogen and oxygen atoms in total. The van der Waals surface area contributed by atoms with E-state index in [-0.39, 0.29) is 6.29 Å². The van der Waals surface area contributed by atoms with Crippen molar-refractivity contribution in [3.63, 3.8) is 0 Å². The van der Waals surface area contributed by atoms with E-state index in [0.717, 1.165) is 6.92 Å². The number of aliphatic hydroxyl groups is 4. The Labute approximate surface area is 126 Å². The van der Waals surface area contributed by atoms with E-state index in [2.05, 4.69) is 5.32 Å². The lowest BCUT2D eigenvalue weighted by atomic mass is 10.0. The largest absolute Gasteiger partial charge is 0.456 e. The first kappa shape index (κ1) is 20.4. The Balaban J connectivity index is 5.27. The molecule has 0 aliphatic carbocycles. The highest BCUT2D eigenvalue weighted by Crippen LogP contribution is 2.11. The molecule has 0 aromatic carbocycles. The summed E-state index contributed by atoms with van der Waals surface area (Å²) in [4.78, 5) is 33.8. The number of hydrogen-bond donors (Lipinski definition) is 6. The minimum absolute atomic E-state index is 0.195. The van der Waals surface area contributed by atoms with Gasteiger partial charge in [-0.05, 0) is 6.92 Å². The van der Waals surface area contributed by atoms with Gasteiger partial charge >= 0.3 is 5.97 Å². The molecule has 10 heteroatoms. The quantitative estimate of drug-likeness (QED) is 0.182. The van der Waals surface area contributed by atoms with E-state index in [1.165, 1.54) is 6.92 Å². The van der Waals surface area contributed by atoms with E-state index in [1.54, 1.807) is 0 Å². The van der Waals surface area contributed by atoms with Crippen LogP contribution in [0.1, 0.15) is 13.8 Å². The first-order valence-corrected chi connectivity index (χ1v) is 6.49. The van der Waals surface area contributed by atoms with Gasteiger partial charge in [0.05, 0.1) is 12.7 Å². The molecule has 0 unspecified atom stereocenters. The molecule has 0 saturated carbocycles. The number of aliphatic hydroxyl groups excluding tert-OH is 4. The third-order valence-corrected chi connectivity index (χ3v) is 2.83. The Bertz CT molecular complexity index is 389. The fraction of sp³-hybridized carbons (Fsp3) is 0.750. The zero-order valence-electron chi connectivity index (χ0n) is 12.2. The highest BCUT2D eigenvalue weighted by molar-refractivity contribution is 5.79. The van der Waals surface area contributed by atoms with Crippen molar-refractivity contribution < 1.29 is 39.5 Å². The smallest absolute Gasteiger partial charge is 0.326 e. The van der Waals surface area contributed by atoms with Crippen LogP contribution >= 0.6 is 0 Å². The number of rotatable bonds is 9. The lowest BCUT2D eigenvalue weighted by Crippen LogP contribution is -2.56. The fourth-order valence-electron chi connectivity index (χ4n) is 1.52. The van der Waals surface area contributed by atoms with Crippen molar-refractivity contribution in [1.82, 2.24) is 5.32 Å². The molecule has 0 saturated heterocycles. The van der Waals surface area contributed by atoms with E-state index in [9.17, 15) is 29.7 Å². The highest BCUT2D eigenvalue weighted by atomic mass is 16.6. The monoisotopic (exact) mass is 322 g/mol. The predicted octanol–water partition coefficient (Wildman–Crippen LogP) is -3.98. The van der Waals surface area contributed by atoms with E-state index in [0.29, 0.717) is 0 Å². The van der Waals surface area contributed by atoms with Gasteiger partial charge in [-0.25, -0.2) is 0 Å². The Morgan fingerprint density at radius 2 is 1.86 bits per heavy atom. The van der Waals surface area contributed by atoms with Gasteiger partial charge in [0.15, 0.2) is 6.10 Å². The van der Waals surface area contributed by atoms with Crippen molar-refractivity contribution in [2.24, 2.45) is 5.73 Å². The van der Waals surface area contributed by atoms with Crippen LogP contribution in [0.4, 0.5) is 0 Å². The van der Waals surface area contributed by atoms with Gasteiger partial charge in [0.2, 0.25) is 5.91 Å². The second kappa shape index (κ2) is 9.43. The molecule has 0 aromatic heterocycles. The maximum Gasteiger partial charge on any atom is 0.326 e. The van der Waals surface area contributed by atoms with Crippen molar-refractivity contribution >= 4 is 18.2 Å². The van der Waals surface area contributed by atoms with Gasteiger partial charge in [0.1, 0.15) is 30.6 Å². The third-order valence-electron chi connectivity index (χ3n) is 2.83. The van der Waals surface area contributed by atoms with Crippen LogP contribution < -0.4 is 11.1 Å². The molecule has 0 spiro atoms. The summed E-state index contributed by atoms with van der Waals surface area (Å²) in [7, 11) is 0. The first-order chi connectivity index (χ1) is 10.1. The van der Waals surface area contributed by atoms with Crippen molar-refractivity contribution in [3.05, 3.63) is 0 Å². The minimum atomic E-state index is -1.86. The lowest BCUT2D eigenvalue weighted by Gasteiger charge is -2.31. The van der Waals surface area contributed by atoms with Gasteiger partial charge < -0.3 is 41.0 Å². The lowest BCUT2D eigenvalue weighted by molar-refractivity contribution is -0.169. The first-order valence-electron chi connectivity index (χ1n) is 6.49. The molecule has 0 heterocycles. The molecule has 22 heavy (non-hydrogen) atoms. The zero-order chi connectivity index (χ0) is 17.4. The Hall–Kier alpha value is -1.59. The standard InChI is InChI=1S/C12H22N2O8/c1-5(17)9(13)12(21)22-11(10(20)8(19)4-16)7(3-15)14-6(2)18/h3,5,7-11,16-17,19-20H,4,13H2,1-2H3,(H,14,18)/t5-,7+,8-,9+,10-,11-/m1/s1. The molecule has 0 bridgehead atoms. The highest BCUT2D eigenvalue weighted by Gasteiger charge is 2.38. The number of aldehydes is 1. The average molecular weight is 322 g/mol. The van der Waals surface area contributed by atoms with Gasteiger partial charge in [-0.3, -0.25) is 9.59 Å². The van der Waals surface area contributed by atoms with Gasteiger partial charge in [-0.2, -0.15) is 0 Å². The van der Waals surface area contributed by atoms with Crippen molar-refractivity contribution in [2.45, 2.75) is 50.3 Å². The van der Waals surface area contributed by atoms with Crippen molar-refractivity contribution in [3.8, 4) is 0 Å². The van der Waals surface area contributed by atoms with Crippen LogP contribution in [0.5, 0.6) is 0 Å². The molecule has 0 rings (SSSR count). The molecule has 0 radical (unpaired) electrons. The third kappa shape index (κ3) is 6.03. The van der Waals surface area contributed by atoms with Gasteiger partial charge in [0, 0.05) is 6.92 Å². The second-order valence-electron chi connectivity index (χ2n) is 4.77. The number of hydrogen-bond acceptors (Lipinski definition) is 9. The Morgan fingerprint density at radius 1 is 1.32 bits per heavy atom. The van der Waals surface area contributed by atoms with Crippen LogP contribution in [0, 0.1) is 0 Å². The van der Waals surface area contributed by atoms with Crippen LogP contribution in [-0.2, 0) is 19.1 Å². The van der Waals surface area contributed by atoms with Crippen molar-refractivity contribution in [1.29, 1.82) is 0 Å². The van der Waals surface area contributed by atoms with Crippen LogP contribution in [0.3, 0.4) is 0 Å². The fourth-order valence-corrected chi connectivity index (χ4v) is 1.52. The van der Waals surface area contributed by atoms with Crippen molar-refractivity contribution in [2.75, 3.05) is 6.61 Å². The summed E-state index contributed by atoms with van der Waals surface area (Å²) in [5, 5.41) is 39.5. The molecule has 0 aliphatic heterocycles. The number of amides is 1. The van der Waals surface area contributed by atoms with Gasteiger partial charge in [0.25, 0.3) is 0 Å². The summed E-state index contributed by atoms with van der Waals surface area (Å²) in [6.45, 7) is 1.44. The number of carbonyl (C=O) groups excluding carboxylic acids is 3. The molecular weight excluding hydrogens is 300 g/mol. The molecule has 0 aliphatic rings. The molecule has 0 fully saturated rings. The summed E-state index contributed by atoms with van der Waals surface area (Å²) < 4.78 is 4.82. The number of ether oxygens (including phenoxy) is 1. The normalized spacial score (nSPS) is 19.2. The van der Waals surface area contributed by atoms with Crippen LogP contribution in [0.2, 0.25) is 0 Å². The number of carbonyl (C=O) groups is 3. The summed E-state index contributed by atoms with van der Waals surface area (Å²) >= 11 is 0. The van der Waals surface area contributed by atoms with E-state index in [1.807, 2.05) is 0 Å². The molecule has 7 N–H and O–H groups in total. The minimum Gasteiger partial charge on any atom is -0.456 e. The molecule has 0 aromatic rings. The summed E-state index contributed by atoms with van der Waals surface area (Å²) in [5.41, 5.74) is 5.37. The van der Waals surface area contributed by atoms with Crippen LogP contribution in [0.15, 0.2) is 0 Å². The SMILES string of the molecule is CC(=O)N[C@@H](C=O)[C@@H](OC(=O)[C@@H](N)[C@@H](C)O)[C@H](O)[C@H](O)CO. The molecule has 6 atom stereocenters. The summed E-state index contributed by atoms with van der Waals surface area (Å²) in [6.07, 6.45) is -6.35. The number of esters is 1. The molecule has 1 amide bonds. The van der Waals surface area contributed by atoms with Crippen LogP contribution in [0.25, 0.3) is 0 Å². The second-order valence-corrected chi connectivity index (χ2v) is 4.77. The number of nitrogens with one attached hydrogen (secondary N) is 1. The van der Waals surface area contributed by atoms with Gasteiger partial charge in [-0.15, -0.1) is 0 Å². The summed E-state index contributed by atoms with van der Waals surface area (Å²) in [6, 6.07) is -2.93.